The average molecular weight is 1450 g/mol. The number of ether oxygens (including phenoxy) is 12. The zero-order valence-corrected chi connectivity index (χ0v) is 63.2. The number of aliphatic carboxylic acids is 4. The first-order chi connectivity index (χ1) is 46.7. The molecule has 4 aliphatic rings. The van der Waals surface area contributed by atoms with Gasteiger partial charge in [0.15, 0.2) is 82.6 Å². The molecule has 0 fully saturated rings. The maximum Gasteiger partial charge on any atom is 1.00 e. The molecule has 32 nitrogen and oxygen atoms in total. The van der Waals surface area contributed by atoms with Crippen LogP contribution >= 0.6 is 0 Å². The molecule has 0 radical (unpaired) electrons. The van der Waals surface area contributed by atoms with Gasteiger partial charge in [-0.3, -0.25) is 28.8 Å². The summed E-state index contributed by atoms with van der Waals surface area (Å²) >= 11 is 0. The van der Waals surface area contributed by atoms with Crippen LogP contribution in [0.3, 0.4) is 0 Å². The molecule has 0 bridgehead atoms. The van der Waals surface area contributed by atoms with Crippen LogP contribution < -0.4 is 177 Å². The molecule has 4 heterocycles. The molecule has 36 heteroatoms. The summed E-state index contributed by atoms with van der Waals surface area (Å²) in [6, 6.07) is 21.2. The minimum Gasteiger partial charge on any atom is -0.550 e. The SMILES string of the molecule is COc1cc([C@@H]2Oc3cc([C@H]4Oc5cc(O)cc(O)c5C(=O)[C@@H]4OC(=O)CCC(=O)[O-])ccc3O[C@H]2COC(=O)CCC(=O)[O-])ccc1O.COc1cc([C@H]2Oc3cc([C@H]4Oc5cc(O)cc(O)c5C(=O)[C@@H]4OC(=O)CCC(=O)[O-])ccc3O[C@@H]2COC(=O)CCC(=O)[O-])ccc1O.[Na+].[Na+].[Na+].[Na+]. The standard InChI is InChI=1S/2C33H30O16.4Na/c2*1-44-21-10-15(2-4-18(21)35)31-24(14-45-27(41)8-6-25(37)38)46-20-5-3-16(11-22(20)47-31)32-33(49-28(42)9-7-26(39)40)30(43)29-19(36)12-17(34)13-23(29)48-32;;;;/h2*2-5,10-13,24,31-36H,6-9,14H2,1H3,(H,37,38)(H,39,40);;;;/q;;4*+1/p-4/t24-,31-,32+,33-;24-,31-,32-,33+;;;;/m01..../s1. The number of Topliss-reactive ketones (excluding diaryl/α,β-unsaturated/α-hetero) is 2. The van der Waals surface area contributed by atoms with Crippen molar-refractivity contribution >= 4 is 59.3 Å². The van der Waals surface area contributed by atoms with Crippen molar-refractivity contribution in [3.05, 3.63) is 130 Å². The summed E-state index contributed by atoms with van der Waals surface area (Å²) in [5, 5.41) is 104. The number of carboxylic acids is 4. The summed E-state index contributed by atoms with van der Waals surface area (Å²) in [6.07, 6.45) is -14.8. The smallest absolute Gasteiger partial charge is 0.550 e. The molecule has 0 saturated heterocycles. The van der Waals surface area contributed by atoms with Crippen molar-refractivity contribution in [3.8, 4) is 80.5 Å². The molecule has 0 amide bonds. The van der Waals surface area contributed by atoms with Gasteiger partial charge >= 0.3 is 142 Å². The van der Waals surface area contributed by atoms with Gasteiger partial charge in [-0.25, -0.2) is 0 Å². The number of rotatable bonds is 24. The van der Waals surface area contributed by atoms with Crippen molar-refractivity contribution in [1.82, 2.24) is 0 Å². The first-order valence-corrected chi connectivity index (χ1v) is 29.4. The number of ketones is 2. The van der Waals surface area contributed by atoms with Crippen molar-refractivity contribution in [2.75, 3.05) is 27.4 Å². The van der Waals surface area contributed by atoms with Gasteiger partial charge in [0.25, 0.3) is 0 Å². The van der Waals surface area contributed by atoms with Gasteiger partial charge in [-0.15, -0.1) is 0 Å². The molecule has 0 unspecified atom stereocenters. The Bertz CT molecular complexity index is 3880. The summed E-state index contributed by atoms with van der Waals surface area (Å²) in [7, 11) is 2.67. The van der Waals surface area contributed by atoms with Gasteiger partial charge in [0.2, 0.25) is 23.8 Å². The van der Waals surface area contributed by atoms with Crippen LogP contribution in [0.1, 0.15) is 119 Å². The quantitative estimate of drug-likeness (QED) is 0.0186. The van der Waals surface area contributed by atoms with Crippen LogP contribution in [-0.4, -0.2) is 142 Å². The Morgan fingerprint density at radius 1 is 0.363 bits per heavy atom. The third kappa shape index (κ3) is 20.9. The second-order valence-electron chi connectivity index (χ2n) is 21.8. The Hall–Kier alpha value is -8.38. The van der Waals surface area contributed by atoms with Gasteiger partial charge in [-0.05, 0) is 74.2 Å². The van der Waals surface area contributed by atoms with E-state index < -0.39 is 183 Å². The van der Waals surface area contributed by atoms with Gasteiger partial charge < -0.3 is 127 Å². The Labute approximate surface area is 665 Å². The molecule has 8 atom stereocenters. The van der Waals surface area contributed by atoms with Gasteiger partial charge in [-0.2, -0.15) is 0 Å². The van der Waals surface area contributed by atoms with Crippen LogP contribution in [0.15, 0.2) is 97.1 Å². The van der Waals surface area contributed by atoms with Crippen molar-refractivity contribution in [3.63, 3.8) is 0 Å². The number of phenolic OH excluding ortho intramolecular Hbond substituents is 6. The molecule has 516 valence electrons. The van der Waals surface area contributed by atoms with E-state index in [4.69, 9.17) is 56.8 Å². The molecule has 0 saturated carbocycles. The van der Waals surface area contributed by atoms with E-state index in [2.05, 4.69) is 0 Å². The number of aromatic hydroxyl groups is 6. The van der Waals surface area contributed by atoms with E-state index in [-0.39, 0.29) is 211 Å². The van der Waals surface area contributed by atoms with Crippen LogP contribution in [0.5, 0.6) is 80.5 Å². The molecular formula is C66H56Na4O32. The topological polar surface area (TPSA) is 495 Å². The normalized spacial score (nSPS) is 18.4. The number of methoxy groups -OCH3 is 2. The van der Waals surface area contributed by atoms with Crippen LogP contribution in [-0.2, 0) is 57.3 Å². The minimum atomic E-state index is -1.72. The number of esters is 4. The van der Waals surface area contributed by atoms with E-state index in [0.717, 1.165) is 24.3 Å². The number of carboxylic acid groups (broad SMARTS) is 4. The molecule has 6 aromatic carbocycles. The molecule has 0 aliphatic carbocycles. The zero-order valence-electron chi connectivity index (χ0n) is 55.2. The number of carbonyl (C=O) groups is 10. The molecule has 6 N–H and O–H groups in total. The van der Waals surface area contributed by atoms with Crippen LogP contribution in [0, 0.1) is 0 Å². The molecule has 0 spiro atoms. The van der Waals surface area contributed by atoms with Gasteiger partial charge in [0.1, 0.15) is 58.8 Å². The summed E-state index contributed by atoms with van der Waals surface area (Å²) in [5.41, 5.74) is 0.452. The Kier molecular flexibility index (Phi) is 31.1. The third-order valence-corrected chi connectivity index (χ3v) is 15.1. The predicted octanol–water partition coefficient (Wildman–Crippen LogP) is -10.9. The van der Waals surface area contributed by atoms with Crippen molar-refractivity contribution < 1.29 is 274 Å². The molecular weight excluding hydrogens is 1400 g/mol. The second kappa shape index (κ2) is 37.7. The number of benzene rings is 6. The molecule has 0 aromatic heterocycles. The maximum absolute atomic E-state index is 13.6. The van der Waals surface area contributed by atoms with Crippen molar-refractivity contribution in [1.29, 1.82) is 0 Å². The summed E-state index contributed by atoms with van der Waals surface area (Å²) < 4.78 is 68.4. The van der Waals surface area contributed by atoms with E-state index in [1.54, 1.807) is 0 Å². The number of fused-ring (bicyclic) bond motifs is 4. The Morgan fingerprint density at radius 3 is 1.01 bits per heavy atom. The number of hydrogen-bond donors (Lipinski definition) is 6. The third-order valence-electron chi connectivity index (χ3n) is 15.1. The Balaban J connectivity index is 0.000000353. The molecule has 6 aromatic rings. The fraction of sp³-hybridized carbons (Fsp3) is 0.303. The van der Waals surface area contributed by atoms with E-state index >= 15 is 0 Å². The zero-order chi connectivity index (χ0) is 70.8. The maximum atomic E-state index is 13.6. The monoisotopic (exact) mass is 1450 g/mol. The van der Waals surface area contributed by atoms with Crippen LogP contribution in [0.2, 0.25) is 0 Å². The summed E-state index contributed by atoms with van der Waals surface area (Å²) in [4.78, 5) is 120. The minimum absolute atomic E-state index is 0. The first-order valence-electron chi connectivity index (χ1n) is 29.4. The first kappa shape index (κ1) is 84.3. The number of carbonyl (C=O) groups excluding carboxylic acids is 10. The molecule has 4 aliphatic heterocycles. The average Bonchev–Trinajstić information content (AvgIpc) is 0.762. The fourth-order valence-corrected chi connectivity index (χ4v) is 10.4. The molecule has 10 rings (SSSR count). The van der Waals surface area contributed by atoms with Crippen LogP contribution in [0.25, 0.3) is 0 Å². The van der Waals surface area contributed by atoms with Gasteiger partial charge in [0.05, 0.1) is 39.9 Å². The van der Waals surface area contributed by atoms with E-state index in [1.165, 1.54) is 87.0 Å². The summed E-state index contributed by atoms with van der Waals surface area (Å²) in [6.45, 7) is -0.760. The van der Waals surface area contributed by atoms with Crippen LogP contribution in [0.4, 0.5) is 0 Å². The predicted molar refractivity (Wildman–Crippen MR) is 311 cm³/mol. The van der Waals surface area contributed by atoms with Crippen molar-refractivity contribution in [2.24, 2.45) is 0 Å². The number of hydrogen-bond acceptors (Lipinski definition) is 32. The summed E-state index contributed by atoms with van der Waals surface area (Å²) in [5.74, 6) is -13.8. The molecule has 102 heavy (non-hydrogen) atoms. The second-order valence-corrected chi connectivity index (χ2v) is 21.8. The van der Waals surface area contributed by atoms with Crippen molar-refractivity contribution in [2.45, 2.75) is 100 Å². The van der Waals surface area contributed by atoms with E-state index in [1.807, 2.05) is 0 Å². The van der Waals surface area contributed by atoms with Gasteiger partial charge in [-0.1, -0.05) is 24.3 Å². The fourth-order valence-electron chi connectivity index (χ4n) is 10.4. The van der Waals surface area contributed by atoms with E-state index in [9.17, 15) is 99.0 Å². The van der Waals surface area contributed by atoms with E-state index in [0.29, 0.717) is 11.1 Å². The van der Waals surface area contributed by atoms with Gasteiger partial charge in [0, 0.05) is 70.4 Å². The Morgan fingerprint density at radius 2 is 0.676 bits per heavy atom. The largest absolute Gasteiger partial charge is 1.00 e. The number of phenols is 6.